The molecule has 1 amide bonds. The zero-order valence-corrected chi connectivity index (χ0v) is 18.6. The van der Waals surface area contributed by atoms with E-state index >= 15 is 0 Å². The van der Waals surface area contributed by atoms with E-state index in [1.807, 2.05) is 30.3 Å². The lowest BCUT2D eigenvalue weighted by Crippen LogP contribution is -2.37. The topological polar surface area (TPSA) is 102 Å². The van der Waals surface area contributed by atoms with Crippen LogP contribution in [0.2, 0.25) is 0 Å². The van der Waals surface area contributed by atoms with Crippen LogP contribution in [0.4, 0.5) is 11.4 Å². The van der Waals surface area contributed by atoms with Crippen molar-refractivity contribution in [1.82, 2.24) is 5.32 Å². The summed E-state index contributed by atoms with van der Waals surface area (Å²) >= 11 is 0. The van der Waals surface area contributed by atoms with Gasteiger partial charge in [-0.1, -0.05) is 61.4 Å². The number of nitro groups is 1. The van der Waals surface area contributed by atoms with Crippen molar-refractivity contribution in [2.45, 2.75) is 38.3 Å². The molecule has 1 fully saturated rings. The van der Waals surface area contributed by atoms with E-state index in [4.69, 9.17) is 4.84 Å². The van der Waals surface area contributed by atoms with Gasteiger partial charge in [0.25, 0.3) is 11.6 Å². The third-order valence-corrected chi connectivity index (χ3v) is 5.82. The SMILES string of the molecule is O=C(ON(c1cc([N+](=O)[O-])ccc1C(=O)NCc1ccccc1)C1CCCC1)c1ccccc1. The van der Waals surface area contributed by atoms with Gasteiger partial charge in [-0.3, -0.25) is 14.9 Å². The second kappa shape index (κ2) is 10.6. The smallest absolute Gasteiger partial charge is 0.348 e. The number of carbonyl (C=O) groups excluding carboxylic acids is 2. The van der Waals surface area contributed by atoms with Crippen molar-refractivity contribution in [1.29, 1.82) is 0 Å². The summed E-state index contributed by atoms with van der Waals surface area (Å²) in [4.78, 5) is 42.8. The summed E-state index contributed by atoms with van der Waals surface area (Å²) in [5.41, 5.74) is 1.49. The van der Waals surface area contributed by atoms with Crippen molar-refractivity contribution in [2.75, 3.05) is 5.06 Å². The van der Waals surface area contributed by atoms with Crippen LogP contribution in [0, 0.1) is 10.1 Å². The number of non-ortho nitro benzene ring substituents is 1. The predicted octanol–water partition coefficient (Wildman–Crippen LogP) is 5.05. The molecule has 0 atom stereocenters. The largest absolute Gasteiger partial charge is 0.363 e. The highest BCUT2D eigenvalue weighted by atomic mass is 16.7. The van der Waals surface area contributed by atoms with Gasteiger partial charge in [0.05, 0.1) is 27.8 Å². The van der Waals surface area contributed by atoms with Gasteiger partial charge in [-0.2, -0.15) is 0 Å². The molecule has 3 aromatic carbocycles. The fraction of sp³-hybridized carbons (Fsp3) is 0.231. The minimum Gasteiger partial charge on any atom is -0.348 e. The highest BCUT2D eigenvalue weighted by Gasteiger charge is 2.31. The van der Waals surface area contributed by atoms with E-state index in [0.29, 0.717) is 12.1 Å². The molecule has 8 heteroatoms. The molecule has 1 aliphatic carbocycles. The number of nitrogens with zero attached hydrogens (tertiary/aromatic N) is 2. The van der Waals surface area contributed by atoms with Crippen molar-refractivity contribution in [3.63, 3.8) is 0 Å². The number of nitro benzene ring substituents is 1. The van der Waals surface area contributed by atoms with E-state index in [9.17, 15) is 19.7 Å². The van der Waals surface area contributed by atoms with Crippen molar-refractivity contribution in [3.05, 3.63) is 106 Å². The first-order valence-corrected chi connectivity index (χ1v) is 11.2. The lowest BCUT2D eigenvalue weighted by Gasteiger charge is -2.30. The zero-order chi connectivity index (χ0) is 23.9. The van der Waals surface area contributed by atoms with Gasteiger partial charge >= 0.3 is 5.97 Å². The number of hydrogen-bond acceptors (Lipinski definition) is 6. The fourth-order valence-electron chi connectivity index (χ4n) is 4.06. The Morgan fingerprint density at radius 3 is 2.26 bits per heavy atom. The maximum Gasteiger partial charge on any atom is 0.363 e. The lowest BCUT2D eigenvalue weighted by atomic mass is 10.1. The molecule has 0 aliphatic heterocycles. The molecule has 0 aromatic heterocycles. The number of nitrogens with one attached hydrogen (secondary N) is 1. The standard InChI is InChI=1S/C26H25N3O5/c30-25(27-18-19-9-3-1-4-10-19)23-16-15-22(29(32)33)17-24(23)28(21-13-7-8-14-21)34-26(31)20-11-5-2-6-12-20/h1-6,9-12,15-17,21H,7-8,13-14,18H2,(H,27,30). The summed E-state index contributed by atoms with van der Waals surface area (Å²) in [7, 11) is 0. The Morgan fingerprint density at radius 2 is 1.62 bits per heavy atom. The van der Waals surface area contributed by atoms with E-state index in [1.54, 1.807) is 30.3 Å². The molecule has 0 radical (unpaired) electrons. The third-order valence-electron chi connectivity index (χ3n) is 5.82. The van der Waals surface area contributed by atoms with Crippen molar-refractivity contribution >= 4 is 23.3 Å². The van der Waals surface area contributed by atoms with Crippen LogP contribution in [0.5, 0.6) is 0 Å². The Morgan fingerprint density at radius 1 is 0.971 bits per heavy atom. The van der Waals surface area contributed by atoms with Crippen LogP contribution in [-0.2, 0) is 11.4 Å². The molecule has 8 nitrogen and oxygen atoms in total. The zero-order valence-electron chi connectivity index (χ0n) is 18.6. The third kappa shape index (κ3) is 5.40. The van der Waals surface area contributed by atoms with E-state index in [2.05, 4.69) is 5.32 Å². The highest BCUT2D eigenvalue weighted by molar-refractivity contribution is 6.00. The first-order chi connectivity index (χ1) is 16.5. The molecule has 0 saturated heterocycles. The predicted molar refractivity (Wildman–Crippen MR) is 127 cm³/mol. The average Bonchev–Trinajstić information content (AvgIpc) is 3.41. The van der Waals surface area contributed by atoms with Crippen LogP contribution in [0.25, 0.3) is 0 Å². The average molecular weight is 460 g/mol. The number of hydrogen-bond donors (Lipinski definition) is 1. The summed E-state index contributed by atoms with van der Waals surface area (Å²) in [6.45, 7) is 0.295. The quantitative estimate of drug-likeness (QED) is 0.374. The number of rotatable bonds is 8. The first kappa shape index (κ1) is 23.0. The van der Waals surface area contributed by atoms with E-state index in [0.717, 1.165) is 31.2 Å². The summed E-state index contributed by atoms with van der Waals surface area (Å²) < 4.78 is 0. The summed E-state index contributed by atoms with van der Waals surface area (Å²) in [5.74, 6) is -0.998. The molecule has 3 aromatic rings. The Hall–Kier alpha value is -4.20. The fourth-order valence-corrected chi connectivity index (χ4v) is 4.06. The Labute approximate surface area is 197 Å². The molecule has 174 valence electrons. The molecule has 0 spiro atoms. The van der Waals surface area contributed by atoms with Gasteiger partial charge in [-0.15, -0.1) is 0 Å². The Bertz CT molecular complexity index is 1160. The second-order valence-electron chi connectivity index (χ2n) is 8.14. The van der Waals surface area contributed by atoms with Crippen LogP contribution in [0.3, 0.4) is 0 Å². The van der Waals surface area contributed by atoms with Gasteiger partial charge in [-0.05, 0) is 36.6 Å². The first-order valence-electron chi connectivity index (χ1n) is 11.2. The van der Waals surface area contributed by atoms with Crippen molar-refractivity contribution in [3.8, 4) is 0 Å². The van der Waals surface area contributed by atoms with Crippen molar-refractivity contribution < 1.29 is 19.3 Å². The van der Waals surface area contributed by atoms with E-state index in [1.165, 1.54) is 23.3 Å². The molecular formula is C26H25N3O5. The molecule has 1 saturated carbocycles. The number of benzene rings is 3. The number of anilines is 1. The van der Waals surface area contributed by atoms with Crippen LogP contribution in [0.15, 0.2) is 78.9 Å². The molecule has 0 unspecified atom stereocenters. The maximum atomic E-state index is 13.1. The van der Waals surface area contributed by atoms with Gasteiger partial charge in [0.2, 0.25) is 0 Å². The summed E-state index contributed by atoms with van der Waals surface area (Å²) in [6.07, 6.45) is 3.37. The van der Waals surface area contributed by atoms with Gasteiger partial charge < -0.3 is 10.2 Å². The van der Waals surface area contributed by atoms with Crippen molar-refractivity contribution in [2.24, 2.45) is 0 Å². The summed E-state index contributed by atoms with van der Waals surface area (Å²) in [5, 5.41) is 15.8. The normalized spacial score (nSPS) is 13.3. The van der Waals surface area contributed by atoms with Crippen LogP contribution < -0.4 is 10.4 Å². The van der Waals surface area contributed by atoms with Crippen LogP contribution >= 0.6 is 0 Å². The highest BCUT2D eigenvalue weighted by Crippen LogP contribution is 2.34. The minimum atomic E-state index is -0.588. The maximum absolute atomic E-state index is 13.1. The van der Waals surface area contributed by atoms with Crippen LogP contribution in [0.1, 0.15) is 52.0 Å². The lowest BCUT2D eigenvalue weighted by molar-refractivity contribution is -0.384. The van der Waals surface area contributed by atoms with Gasteiger partial charge in [-0.25, -0.2) is 9.86 Å². The van der Waals surface area contributed by atoms with Gasteiger partial charge in [0, 0.05) is 18.7 Å². The molecular weight excluding hydrogens is 434 g/mol. The Kier molecular flexibility index (Phi) is 7.17. The van der Waals surface area contributed by atoms with Gasteiger partial charge in [0.15, 0.2) is 0 Å². The van der Waals surface area contributed by atoms with E-state index in [-0.39, 0.29) is 23.0 Å². The molecule has 1 aliphatic rings. The number of carbonyl (C=O) groups is 2. The van der Waals surface area contributed by atoms with E-state index < -0.39 is 16.8 Å². The van der Waals surface area contributed by atoms with Crippen LogP contribution in [-0.4, -0.2) is 22.8 Å². The molecule has 4 rings (SSSR count). The molecule has 0 bridgehead atoms. The molecule has 34 heavy (non-hydrogen) atoms. The molecule has 0 heterocycles. The summed E-state index contributed by atoms with van der Waals surface area (Å²) in [6, 6.07) is 21.8. The molecule has 1 N–H and O–H groups in total. The van der Waals surface area contributed by atoms with Gasteiger partial charge in [0.1, 0.15) is 0 Å². The Balaban J connectivity index is 1.68. The minimum absolute atomic E-state index is 0.185. The monoisotopic (exact) mass is 459 g/mol. The number of amides is 1. The second-order valence-corrected chi connectivity index (χ2v) is 8.14. The number of hydroxylamine groups is 1.